The molecule has 0 spiro atoms. The van der Waals surface area contributed by atoms with Gasteiger partial charge in [-0.25, -0.2) is 23.1 Å². The van der Waals surface area contributed by atoms with E-state index in [1.807, 2.05) is 49.4 Å². The minimum Gasteiger partial charge on any atom is -0.497 e. The molecular formula is C28H28N4O3S. The zero-order valence-electron chi connectivity index (χ0n) is 20.3. The van der Waals surface area contributed by atoms with Crippen LogP contribution in [0.25, 0.3) is 0 Å². The van der Waals surface area contributed by atoms with Crippen LogP contribution in [-0.2, 0) is 16.4 Å². The molecule has 1 aromatic heterocycles. The number of nitrogens with zero attached hydrogens (tertiary/aromatic N) is 3. The van der Waals surface area contributed by atoms with Gasteiger partial charge >= 0.3 is 0 Å². The van der Waals surface area contributed by atoms with Crippen molar-refractivity contribution in [2.45, 2.75) is 24.2 Å². The lowest BCUT2D eigenvalue weighted by atomic mass is 9.88. The molecule has 0 saturated carbocycles. The van der Waals surface area contributed by atoms with Crippen LogP contribution in [0.4, 0.5) is 11.6 Å². The van der Waals surface area contributed by atoms with Crippen LogP contribution >= 0.6 is 0 Å². The van der Waals surface area contributed by atoms with Gasteiger partial charge in [0.05, 0.1) is 17.7 Å². The molecule has 0 radical (unpaired) electrons. The molecule has 1 aliphatic heterocycles. The van der Waals surface area contributed by atoms with Crippen molar-refractivity contribution in [3.8, 4) is 5.75 Å². The highest BCUT2D eigenvalue weighted by atomic mass is 32.2. The third-order valence-corrected chi connectivity index (χ3v) is 7.92. The van der Waals surface area contributed by atoms with E-state index in [2.05, 4.69) is 19.6 Å². The summed E-state index contributed by atoms with van der Waals surface area (Å²) in [7, 11) is -2.05. The van der Waals surface area contributed by atoms with Gasteiger partial charge in [0.1, 0.15) is 5.75 Å². The molecule has 36 heavy (non-hydrogen) atoms. The molecule has 7 nitrogen and oxygen atoms in total. The number of methoxy groups -OCH3 is 1. The van der Waals surface area contributed by atoms with E-state index >= 15 is 0 Å². The van der Waals surface area contributed by atoms with E-state index in [4.69, 9.17) is 4.74 Å². The number of nitrogens with one attached hydrogen (secondary N) is 1. The van der Waals surface area contributed by atoms with Crippen LogP contribution in [0, 0.1) is 6.92 Å². The second-order valence-electron chi connectivity index (χ2n) is 8.80. The number of anilines is 2. The Labute approximate surface area is 211 Å². The molecule has 0 saturated heterocycles. The number of aryl methyl sites for hydroxylation is 1. The van der Waals surface area contributed by atoms with E-state index in [1.165, 1.54) is 0 Å². The van der Waals surface area contributed by atoms with Crippen molar-refractivity contribution in [3.63, 3.8) is 0 Å². The minimum absolute atomic E-state index is 0.184. The average molecular weight is 501 g/mol. The van der Waals surface area contributed by atoms with E-state index < -0.39 is 10.0 Å². The Hall–Kier alpha value is -3.75. The third kappa shape index (κ3) is 4.82. The van der Waals surface area contributed by atoms with E-state index in [0.717, 1.165) is 46.7 Å². The van der Waals surface area contributed by atoms with E-state index in [1.54, 1.807) is 49.8 Å². The van der Waals surface area contributed by atoms with E-state index in [0.29, 0.717) is 5.95 Å². The van der Waals surface area contributed by atoms with Gasteiger partial charge in [-0.2, -0.15) is 0 Å². The summed E-state index contributed by atoms with van der Waals surface area (Å²) in [5.74, 6) is 1.09. The topological polar surface area (TPSA) is 84.4 Å². The van der Waals surface area contributed by atoms with Crippen molar-refractivity contribution in [1.29, 1.82) is 0 Å². The minimum atomic E-state index is -3.70. The molecule has 0 fully saturated rings. The second-order valence-corrected chi connectivity index (χ2v) is 10.6. The van der Waals surface area contributed by atoms with Crippen molar-refractivity contribution >= 4 is 21.7 Å². The Morgan fingerprint density at radius 2 is 1.72 bits per heavy atom. The lowest BCUT2D eigenvalue weighted by molar-refractivity contribution is 0.413. The number of fused-ring (bicyclic) bond motifs is 1. The molecule has 0 aliphatic carbocycles. The third-order valence-electron chi connectivity index (χ3n) is 6.48. The molecule has 5 rings (SSSR count). The number of sulfonamides is 1. The molecule has 0 amide bonds. The van der Waals surface area contributed by atoms with E-state index in [-0.39, 0.29) is 17.4 Å². The zero-order chi connectivity index (χ0) is 25.1. The number of rotatable bonds is 8. The lowest BCUT2D eigenvalue weighted by Gasteiger charge is -2.26. The molecule has 1 N–H and O–H groups in total. The van der Waals surface area contributed by atoms with Gasteiger partial charge in [0, 0.05) is 31.4 Å². The molecule has 1 aliphatic rings. The molecule has 1 unspecified atom stereocenters. The summed E-state index contributed by atoms with van der Waals surface area (Å²) >= 11 is 0. The summed E-state index contributed by atoms with van der Waals surface area (Å²) in [6.45, 7) is 2.85. The van der Waals surface area contributed by atoms with Crippen LogP contribution in [0.1, 0.15) is 28.2 Å². The Bertz CT molecular complexity index is 1440. The van der Waals surface area contributed by atoms with Crippen molar-refractivity contribution in [3.05, 3.63) is 107 Å². The van der Waals surface area contributed by atoms with Gasteiger partial charge in [-0.3, -0.25) is 0 Å². The van der Waals surface area contributed by atoms with Gasteiger partial charge in [0.25, 0.3) is 0 Å². The predicted molar refractivity (Wildman–Crippen MR) is 140 cm³/mol. The smallest absolute Gasteiger partial charge is 0.240 e. The molecule has 0 bridgehead atoms. The van der Waals surface area contributed by atoms with E-state index in [9.17, 15) is 8.42 Å². The second kappa shape index (κ2) is 10.1. The van der Waals surface area contributed by atoms with Crippen molar-refractivity contribution in [1.82, 2.24) is 14.7 Å². The van der Waals surface area contributed by atoms with Crippen molar-refractivity contribution in [2.75, 3.05) is 25.1 Å². The quantitative estimate of drug-likeness (QED) is 0.381. The van der Waals surface area contributed by atoms with Gasteiger partial charge in [0.2, 0.25) is 16.0 Å². The summed E-state index contributed by atoms with van der Waals surface area (Å²) < 4.78 is 34.9. The maximum Gasteiger partial charge on any atom is 0.240 e. The monoisotopic (exact) mass is 500 g/mol. The Kier molecular flexibility index (Phi) is 6.71. The number of aromatic nitrogens is 2. The molecule has 2 heterocycles. The number of ether oxygens (including phenoxy) is 1. The fourth-order valence-corrected chi connectivity index (χ4v) is 5.70. The fourth-order valence-electron chi connectivity index (χ4n) is 4.65. The number of hydrogen-bond acceptors (Lipinski definition) is 6. The predicted octanol–water partition coefficient (Wildman–Crippen LogP) is 4.60. The first-order chi connectivity index (χ1) is 17.5. The van der Waals surface area contributed by atoms with Crippen LogP contribution in [0.5, 0.6) is 5.75 Å². The molecule has 1 atom stereocenters. The summed E-state index contributed by atoms with van der Waals surface area (Å²) in [5.41, 5.74) is 5.10. The molecular weight excluding hydrogens is 472 g/mol. The van der Waals surface area contributed by atoms with Gasteiger partial charge in [-0.1, -0.05) is 48.0 Å². The highest BCUT2D eigenvalue weighted by Crippen LogP contribution is 2.43. The van der Waals surface area contributed by atoms with Crippen LogP contribution in [-0.4, -0.2) is 38.6 Å². The summed E-state index contributed by atoms with van der Waals surface area (Å²) in [5, 5.41) is 0. The van der Waals surface area contributed by atoms with Gasteiger partial charge < -0.3 is 9.64 Å². The first-order valence-electron chi connectivity index (χ1n) is 11.8. The Morgan fingerprint density at radius 3 is 2.42 bits per heavy atom. The summed E-state index contributed by atoms with van der Waals surface area (Å²) in [4.78, 5) is 11.3. The maximum atomic E-state index is 13.2. The van der Waals surface area contributed by atoms with Crippen LogP contribution in [0.3, 0.4) is 0 Å². The van der Waals surface area contributed by atoms with Gasteiger partial charge in [0.15, 0.2) is 0 Å². The van der Waals surface area contributed by atoms with Crippen molar-refractivity contribution < 1.29 is 13.2 Å². The van der Waals surface area contributed by atoms with Crippen LogP contribution < -0.4 is 14.4 Å². The van der Waals surface area contributed by atoms with Gasteiger partial charge in [-0.05, 0) is 60.4 Å². The lowest BCUT2D eigenvalue weighted by Crippen LogP contribution is -2.30. The zero-order valence-corrected chi connectivity index (χ0v) is 21.1. The summed E-state index contributed by atoms with van der Waals surface area (Å²) in [6.07, 6.45) is 4.27. The molecule has 8 heteroatoms. The largest absolute Gasteiger partial charge is 0.497 e. The number of benzene rings is 3. The SMILES string of the molecule is COc1cc2c(c(C(CNS(=O)(=O)c3ccc(C)cc3)c3ccccc3)c1)N(c1ncccn1)CC2. The molecule has 3 aromatic carbocycles. The Balaban J connectivity index is 1.59. The molecule has 4 aromatic rings. The average Bonchev–Trinajstić information content (AvgIpc) is 3.34. The van der Waals surface area contributed by atoms with Crippen molar-refractivity contribution in [2.24, 2.45) is 0 Å². The summed E-state index contributed by atoms with van der Waals surface area (Å²) in [6, 6.07) is 22.6. The standard InChI is InChI=1S/C28H28N4O3S/c1-20-9-11-24(12-10-20)36(33,34)31-19-26(21-7-4-3-5-8-21)25-18-23(35-2)17-22-13-16-32(27(22)25)28-29-14-6-15-30-28/h3-12,14-15,17-18,26,31H,13,16,19H2,1-2H3. The highest BCUT2D eigenvalue weighted by Gasteiger charge is 2.31. The first kappa shape index (κ1) is 24.0. The van der Waals surface area contributed by atoms with Crippen LogP contribution in [0.15, 0.2) is 90.1 Å². The van der Waals surface area contributed by atoms with Gasteiger partial charge in [-0.15, -0.1) is 0 Å². The van der Waals surface area contributed by atoms with Crippen LogP contribution in [0.2, 0.25) is 0 Å². The first-order valence-corrected chi connectivity index (χ1v) is 13.3. The normalized spacial score (nSPS) is 13.9. The Morgan fingerprint density at radius 1 is 1.00 bits per heavy atom. The number of hydrogen-bond donors (Lipinski definition) is 1. The maximum absolute atomic E-state index is 13.2. The fraction of sp³-hybridized carbons (Fsp3) is 0.214. The molecule has 184 valence electrons. The highest BCUT2D eigenvalue weighted by molar-refractivity contribution is 7.89.